The molecule has 0 N–H and O–H groups in total. The summed E-state index contributed by atoms with van der Waals surface area (Å²) < 4.78 is 0. The molecule has 0 atom stereocenters. The lowest BCUT2D eigenvalue weighted by molar-refractivity contribution is 1.26. The standard InChI is InChI=1S/C42H36N2S/c1-3-33-15-23-39(24-16-33)43(37-11-7-5-8-12-37)41-27-19-35(20-28-41)31-45-32-36-21-29-42(30-22-36)44(38-13-9-6-10-14-38)40-25-17-34(4-2)18-26-40/h3-30H,1-2,31-32H2. The van der Waals surface area contributed by atoms with Gasteiger partial charge in [-0.2, -0.15) is 11.8 Å². The fraction of sp³-hybridized carbons (Fsp3) is 0.0476. The Morgan fingerprint density at radius 1 is 0.378 bits per heavy atom. The normalized spacial score (nSPS) is 10.7. The quantitative estimate of drug-likeness (QED) is 0.138. The van der Waals surface area contributed by atoms with Gasteiger partial charge in [-0.15, -0.1) is 0 Å². The zero-order chi connectivity index (χ0) is 30.8. The molecule has 220 valence electrons. The molecular weight excluding hydrogens is 565 g/mol. The first-order chi connectivity index (χ1) is 22.2. The molecular formula is C42H36N2S. The van der Waals surface area contributed by atoms with E-state index in [1.165, 1.54) is 11.1 Å². The zero-order valence-corrected chi connectivity index (χ0v) is 26.1. The molecule has 0 amide bonds. The third kappa shape index (κ3) is 7.29. The van der Waals surface area contributed by atoms with Gasteiger partial charge in [0.2, 0.25) is 0 Å². The van der Waals surface area contributed by atoms with E-state index in [-0.39, 0.29) is 0 Å². The predicted octanol–water partition coefficient (Wildman–Crippen LogP) is 12.3. The zero-order valence-electron chi connectivity index (χ0n) is 25.3. The Morgan fingerprint density at radius 2 is 0.667 bits per heavy atom. The predicted molar refractivity (Wildman–Crippen MR) is 197 cm³/mol. The van der Waals surface area contributed by atoms with Crippen LogP contribution in [0, 0.1) is 0 Å². The van der Waals surface area contributed by atoms with Crippen molar-refractivity contribution in [3.63, 3.8) is 0 Å². The van der Waals surface area contributed by atoms with Gasteiger partial charge >= 0.3 is 0 Å². The van der Waals surface area contributed by atoms with Gasteiger partial charge in [0.05, 0.1) is 0 Å². The Morgan fingerprint density at radius 3 is 0.978 bits per heavy atom. The second-order valence-corrected chi connectivity index (χ2v) is 11.7. The Bertz CT molecular complexity index is 1670. The summed E-state index contributed by atoms with van der Waals surface area (Å²) in [6.07, 6.45) is 3.75. The lowest BCUT2D eigenvalue weighted by Crippen LogP contribution is -2.09. The molecule has 0 unspecified atom stereocenters. The van der Waals surface area contributed by atoms with Gasteiger partial charge in [0, 0.05) is 45.6 Å². The van der Waals surface area contributed by atoms with E-state index in [1.54, 1.807) is 0 Å². The van der Waals surface area contributed by atoms with Crippen molar-refractivity contribution in [1.29, 1.82) is 0 Å². The van der Waals surface area contributed by atoms with E-state index in [2.05, 4.69) is 181 Å². The van der Waals surface area contributed by atoms with Crippen LogP contribution in [0.15, 0.2) is 171 Å². The number of anilines is 6. The molecule has 0 spiro atoms. The molecule has 0 aliphatic rings. The SMILES string of the molecule is C=Cc1ccc(N(c2ccccc2)c2ccc(CSCc3ccc(N(c4ccccc4)c4ccc(C=C)cc4)cc3)cc2)cc1. The van der Waals surface area contributed by atoms with Crippen molar-refractivity contribution in [2.75, 3.05) is 9.80 Å². The van der Waals surface area contributed by atoms with Crippen LogP contribution in [0.25, 0.3) is 12.2 Å². The maximum atomic E-state index is 3.89. The van der Waals surface area contributed by atoms with E-state index in [0.29, 0.717) is 0 Å². The summed E-state index contributed by atoms with van der Waals surface area (Å²) in [6, 6.07) is 55.9. The Labute approximate surface area is 271 Å². The number of hydrogen-bond donors (Lipinski definition) is 0. The van der Waals surface area contributed by atoms with Gasteiger partial charge in [0.25, 0.3) is 0 Å². The van der Waals surface area contributed by atoms with Crippen molar-refractivity contribution >= 4 is 58.0 Å². The summed E-state index contributed by atoms with van der Waals surface area (Å²) in [7, 11) is 0. The van der Waals surface area contributed by atoms with E-state index in [0.717, 1.165) is 56.8 Å². The van der Waals surface area contributed by atoms with Crippen LogP contribution in [0.5, 0.6) is 0 Å². The summed E-state index contributed by atoms with van der Waals surface area (Å²) in [6.45, 7) is 7.79. The number of rotatable bonds is 12. The molecule has 0 bridgehead atoms. The molecule has 45 heavy (non-hydrogen) atoms. The molecule has 2 nitrogen and oxygen atoms in total. The van der Waals surface area contributed by atoms with Crippen molar-refractivity contribution in [1.82, 2.24) is 0 Å². The Kier molecular flexibility index (Phi) is 9.59. The molecule has 3 heteroatoms. The molecule has 0 saturated heterocycles. The van der Waals surface area contributed by atoms with Crippen LogP contribution >= 0.6 is 11.8 Å². The van der Waals surface area contributed by atoms with Crippen molar-refractivity contribution in [2.24, 2.45) is 0 Å². The minimum Gasteiger partial charge on any atom is -0.311 e. The first-order valence-corrected chi connectivity index (χ1v) is 16.3. The molecule has 0 heterocycles. The lowest BCUT2D eigenvalue weighted by atomic mass is 10.1. The molecule has 0 saturated carbocycles. The van der Waals surface area contributed by atoms with Gasteiger partial charge in [-0.05, 0) is 95.1 Å². The van der Waals surface area contributed by atoms with Crippen LogP contribution < -0.4 is 9.80 Å². The third-order valence-electron chi connectivity index (χ3n) is 7.73. The average Bonchev–Trinajstić information content (AvgIpc) is 3.11. The van der Waals surface area contributed by atoms with Crippen molar-refractivity contribution in [3.8, 4) is 0 Å². The largest absolute Gasteiger partial charge is 0.311 e. The van der Waals surface area contributed by atoms with E-state index < -0.39 is 0 Å². The van der Waals surface area contributed by atoms with Gasteiger partial charge in [-0.3, -0.25) is 0 Å². The number of para-hydroxylation sites is 2. The van der Waals surface area contributed by atoms with Crippen LogP contribution in [-0.2, 0) is 11.5 Å². The van der Waals surface area contributed by atoms with E-state index in [9.17, 15) is 0 Å². The minimum atomic E-state index is 0.952. The van der Waals surface area contributed by atoms with Gasteiger partial charge in [0.1, 0.15) is 0 Å². The van der Waals surface area contributed by atoms with Crippen LogP contribution in [-0.4, -0.2) is 0 Å². The first kappa shape index (κ1) is 29.8. The molecule has 0 radical (unpaired) electrons. The average molecular weight is 601 g/mol. The second kappa shape index (κ2) is 14.5. The van der Waals surface area contributed by atoms with E-state index in [1.807, 2.05) is 23.9 Å². The van der Waals surface area contributed by atoms with Crippen molar-refractivity contribution < 1.29 is 0 Å². The third-order valence-corrected chi connectivity index (χ3v) is 8.80. The Hall–Kier alpha value is -5.25. The highest BCUT2D eigenvalue weighted by molar-refractivity contribution is 7.97. The van der Waals surface area contributed by atoms with Crippen LogP contribution in [0.1, 0.15) is 22.3 Å². The van der Waals surface area contributed by atoms with Crippen molar-refractivity contribution in [2.45, 2.75) is 11.5 Å². The molecule has 0 aliphatic carbocycles. The maximum Gasteiger partial charge on any atom is 0.0462 e. The minimum absolute atomic E-state index is 0.952. The number of hydrogen-bond acceptors (Lipinski definition) is 3. The second-order valence-electron chi connectivity index (χ2n) is 10.8. The summed E-state index contributed by atoms with van der Waals surface area (Å²) >= 11 is 1.94. The molecule has 0 fully saturated rings. The fourth-order valence-electron chi connectivity index (χ4n) is 5.34. The monoisotopic (exact) mass is 600 g/mol. The summed E-state index contributed by atoms with van der Waals surface area (Å²) in [5, 5.41) is 0. The van der Waals surface area contributed by atoms with Gasteiger partial charge in [-0.25, -0.2) is 0 Å². The topological polar surface area (TPSA) is 6.48 Å². The molecule has 6 aromatic carbocycles. The molecule has 0 aliphatic heterocycles. The summed E-state index contributed by atoms with van der Waals surface area (Å²) in [5.74, 6) is 1.90. The highest BCUT2D eigenvalue weighted by Crippen LogP contribution is 2.36. The highest BCUT2D eigenvalue weighted by Gasteiger charge is 2.13. The van der Waals surface area contributed by atoms with Gasteiger partial charge in [0.15, 0.2) is 0 Å². The van der Waals surface area contributed by atoms with Crippen LogP contribution in [0.2, 0.25) is 0 Å². The maximum absolute atomic E-state index is 3.89. The number of thioether (sulfide) groups is 1. The first-order valence-electron chi connectivity index (χ1n) is 15.1. The summed E-state index contributed by atoms with van der Waals surface area (Å²) in [5.41, 5.74) is 11.6. The smallest absolute Gasteiger partial charge is 0.0462 e. The van der Waals surface area contributed by atoms with Gasteiger partial charge < -0.3 is 9.80 Å². The highest BCUT2D eigenvalue weighted by atomic mass is 32.2. The van der Waals surface area contributed by atoms with E-state index in [4.69, 9.17) is 0 Å². The molecule has 0 aromatic heterocycles. The lowest BCUT2D eigenvalue weighted by Gasteiger charge is -2.26. The van der Waals surface area contributed by atoms with Crippen molar-refractivity contribution in [3.05, 3.63) is 193 Å². The van der Waals surface area contributed by atoms with Gasteiger partial charge in [-0.1, -0.05) is 110 Å². The number of nitrogens with zero attached hydrogens (tertiary/aromatic N) is 2. The van der Waals surface area contributed by atoms with Crippen LogP contribution in [0.3, 0.4) is 0 Å². The number of benzene rings is 6. The van der Waals surface area contributed by atoms with E-state index >= 15 is 0 Å². The molecule has 6 aromatic rings. The van der Waals surface area contributed by atoms with Crippen LogP contribution in [0.4, 0.5) is 34.1 Å². The molecule has 6 rings (SSSR count). The Balaban J connectivity index is 1.13. The summed E-state index contributed by atoms with van der Waals surface area (Å²) in [4.78, 5) is 4.58. The fourth-order valence-corrected chi connectivity index (χ4v) is 6.30.